The lowest BCUT2D eigenvalue weighted by atomic mass is 10.1. The number of nitrogens with zero attached hydrogens (tertiary/aromatic N) is 2. The molecule has 1 N–H and O–H groups in total. The van der Waals surface area contributed by atoms with Gasteiger partial charge in [0.25, 0.3) is 6.23 Å². The number of methoxy groups -OCH3 is 1. The minimum atomic E-state index is -0.900. The lowest BCUT2D eigenvalue weighted by molar-refractivity contribution is 0.0500. The van der Waals surface area contributed by atoms with Crippen LogP contribution >= 0.6 is 27.5 Å². The summed E-state index contributed by atoms with van der Waals surface area (Å²) in [4.78, 5) is 21.8. The Kier molecular flexibility index (Phi) is 4.49. The maximum atomic E-state index is 12.4. The van der Waals surface area contributed by atoms with Crippen molar-refractivity contribution in [2.24, 2.45) is 5.16 Å². The Labute approximate surface area is 145 Å². The summed E-state index contributed by atoms with van der Waals surface area (Å²) < 4.78 is 5.86. The quantitative estimate of drug-likeness (QED) is 0.804. The van der Waals surface area contributed by atoms with Crippen LogP contribution in [-0.4, -0.2) is 29.9 Å². The summed E-state index contributed by atoms with van der Waals surface area (Å²) in [6.07, 6.45) is -0.900. The second kappa shape index (κ2) is 6.55. The first-order valence-corrected chi connectivity index (χ1v) is 7.76. The first-order chi connectivity index (χ1) is 11.1. The fraction of sp³-hybridized carbons (Fsp3) is 0.133. The van der Waals surface area contributed by atoms with E-state index in [1.807, 2.05) is 0 Å². The number of oxime groups is 1. The predicted octanol–water partition coefficient (Wildman–Crippen LogP) is 3.00. The van der Waals surface area contributed by atoms with E-state index < -0.39 is 6.23 Å². The van der Waals surface area contributed by atoms with E-state index in [2.05, 4.69) is 31.4 Å². The molecule has 3 rings (SSSR count). The zero-order valence-corrected chi connectivity index (χ0v) is 14.3. The van der Waals surface area contributed by atoms with Gasteiger partial charge in [0.1, 0.15) is 5.69 Å². The summed E-state index contributed by atoms with van der Waals surface area (Å²) in [7, 11) is 1.52. The molecule has 8 heteroatoms. The van der Waals surface area contributed by atoms with Gasteiger partial charge in [-0.15, -0.1) is 0 Å². The molecule has 0 aliphatic carbocycles. The van der Waals surface area contributed by atoms with Gasteiger partial charge in [0.15, 0.2) is 5.84 Å². The zero-order valence-electron chi connectivity index (χ0n) is 11.9. The van der Waals surface area contributed by atoms with Crippen LogP contribution in [0, 0.1) is 0 Å². The van der Waals surface area contributed by atoms with E-state index >= 15 is 0 Å². The number of ether oxygens (including phenoxy) is 1. The van der Waals surface area contributed by atoms with E-state index in [1.54, 1.807) is 36.4 Å². The fourth-order valence-electron chi connectivity index (χ4n) is 1.98. The standard InChI is InChI=1S/C15H11BrClN3O3/c1-22-14-10(16)6-7-11(18-14)13-19-15(23-20-13)12(21)8-2-4-9(17)5-3-8/h2-7,15H,1H3,(H,19,20). The molecule has 1 aliphatic heterocycles. The van der Waals surface area contributed by atoms with Crippen LogP contribution in [0.15, 0.2) is 46.0 Å². The molecule has 1 atom stereocenters. The first kappa shape index (κ1) is 15.8. The van der Waals surface area contributed by atoms with Crippen molar-refractivity contribution in [3.8, 4) is 5.88 Å². The average molecular weight is 397 g/mol. The minimum absolute atomic E-state index is 0.246. The number of carbonyl (C=O) groups is 1. The zero-order chi connectivity index (χ0) is 16.4. The molecule has 2 aromatic rings. The van der Waals surface area contributed by atoms with Crippen LogP contribution in [0.5, 0.6) is 5.88 Å². The lowest BCUT2D eigenvalue weighted by Crippen LogP contribution is -2.37. The van der Waals surface area contributed by atoms with Crippen molar-refractivity contribution in [1.82, 2.24) is 10.3 Å². The van der Waals surface area contributed by atoms with Crippen molar-refractivity contribution in [3.05, 3.63) is 57.2 Å². The summed E-state index contributed by atoms with van der Waals surface area (Å²) in [6.45, 7) is 0. The van der Waals surface area contributed by atoms with E-state index in [4.69, 9.17) is 21.2 Å². The third-order valence-corrected chi connectivity index (χ3v) is 3.99. The number of hydrogen-bond acceptors (Lipinski definition) is 6. The molecule has 0 bridgehead atoms. The highest BCUT2D eigenvalue weighted by atomic mass is 79.9. The number of ketones is 1. The maximum Gasteiger partial charge on any atom is 0.262 e. The smallest absolute Gasteiger partial charge is 0.262 e. The number of pyridine rings is 1. The van der Waals surface area contributed by atoms with Crippen LogP contribution < -0.4 is 10.1 Å². The molecular weight excluding hydrogens is 386 g/mol. The van der Waals surface area contributed by atoms with E-state index in [-0.39, 0.29) is 5.78 Å². The number of Topliss-reactive ketones (excluding diaryl/α,β-unsaturated/α-hetero) is 1. The number of rotatable bonds is 4. The van der Waals surface area contributed by atoms with Crippen molar-refractivity contribution in [1.29, 1.82) is 0 Å². The highest BCUT2D eigenvalue weighted by Crippen LogP contribution is 2.23. The Balaban J connectivity index is 1.75. The molecule has 1 aromatic heterocycles. The number of nitrogens with one attached hydrogen (secondary N) is 1. The number of halogens is 2. The van der Waals surface area contributed by atoms with Crippen molar-refractivity contribution >= 4 is 39.1 Å². The van der Waals surface area contributed by atoms with Gasteiger partial charge in [-0.25, -0.2) is 4.98 Å². The molecule has 1 aliphatic rings. The molecule has 23 heavy (non-hydrogen) atoms. The predicted molar refractivity (Wildman–Crippen MR) is 88.8 cm³/mol. The molecule has 118 valence electrons. The van der Waals surface area contributed by atoms with Crippen molar-refractivity contribution < 1.29 is 14.4 Å². The SMILES string of the molecule is COc1nc(C2=NOC(C(=O)c3ccc(Cl)cc3)N2)ccc1Br. The third-order valence-electron chi connectivity index (χ3n) is 3.13. The van der Waals surface area contributed by atoms with E-state index in [0.717, 1.165) is 4.47 Å². The Hall–Kier alpha value is -2.12. The first-order valence-electron chi connectivity index (χ1n) is 6.59. The Morgan fingerprint density at radius 1 is 1.30 bits per heavy atom. The second-order valence-electron chi connectivity index (χ2n) is 4.63. The van der Waals surface area contributed by atoms with E-state index in [9.17, 15) is 4.79 Å². The average Bonchev–Trinajstić information content (AvgIpc) is 3.05. The van der Waals surface area contributed by atoms with Crippen LogP contribution in [0.3, 0.4) is 0 Å². The summed E-state index contributed by atoms with van der Waals surface area (Å²) in [6, 6.07) is 10.1. The van der Waals surface area contributed by atoms with E-state index in [0.29, 0.717) is 28.0 Å². The van der Waals surface area contributed by atoms with Crippen molar-refractivity contribution in [3.63, 3.8) is 0 Å². The molecule has 2 heterocycles. The van der Waals surface area contributed by atoms with Crippen LogP contribution in [0.4, 0.5) is 0 Å². The van der Waals surface area contributed by atoms with Crippen LogP contribution in [-0.2, 0) is 4.84 Å². The Morgan fingerprint density at radius 3 is 2.74 bits per heavy atom. The van der Waals surface area contributed by atoms with Crippen molar-refractivity contribution in [2.45, 2.75) is 6.23 Å². The molecule has 0 radical (unpaired) electrons. The number of benzene rings is 1. The van der Waals surface area contributed by atoms with E-state index in [1.165, 1.54) is 7.11 Å². The molecule has 0 fully saturated rings. The second-order valence-corrected chi connectivity index (χ2v) is 5.92. The van der Waals surface area contributed by atoms with Gasteiger partial charge in [-0.05, 0) is 52.3 Å². The highest BCUT2D eigenvalue weighted by molar-refractivity contribution is 9.10. The van der Waals surface area contributed by atoms with Gasteiger partial charge >= 0.3 is 0 Å². The van der Waals surface area contributed by atoms with Gasteiger partial charge in [0.2, 0.25) is 11.7 Å². The number of aromatic nitrogens is 1. The van der Waals surface area contributed by atoms with Gasteiger partial charge in [-0.2, -0.15) is 0 Å². The topological polar surface area (TPSA) is 72.8 Å². The minimum Gasteiger partial charge on any atom is -0.480 e. The monoisotopic (exact) mass is 395 g/mol. The van der Waals surface area contributed by atoms with Gasteiger partial charge in [0, 0.05) is 10.6 Å². The number of carbonyl (C=O) groups excluding carboxylic acids is 1. The largest absolute Gasteiger partial charge is 0.480 e. The summed E-state index contributed by atoms with van der Waals surface area (Å²) in [5, 5.41) is 7.34. The third kappa shape index (κ3) is 3.30. The fourth-order valence-corrected chi connectivity index (χ4v) is 2.49. The maximum absolute atomic E-state index is 12.4. The number of hydrogen-bond donors (Lipinski definition) is 1. The number of amidine groups is 1. The Bertz CT molecular complexity index is 780. The summed E-state index contributed by atoms with van der Waals surface area (Å²) >= 11 is 9.14. The normalized spacial score (nSPS) is 16.3. The molecule has 0 amide bonds. The summed E-state index contributed by atoms with van der Waals surface area (Å²) in [5.41, 5.74) is 0.987. The van der Waals surface area contributed by atoms with Gasteiger partial charge in [-0.3, -0.25) is 4.79 Å². The van der Waals surface area contributed by atoms with Gasteiger partial charge < -0.3 is 14.9 Å². The van der Waals surface area contributed by atoms with Gasteiger partial charge in [0.05, 0.1) is 11.6 Å². The van der Waals surface area contributed by atoms with Crippen LogP contribution in [0.1, 0.15) is 16.1 Å². The molecule has 0 saturated heterocycles. The molecule has 6 nitrogen and oxygen atoms in total. The van der Waals surface area contributed by atoms with Crippen LogP contribution in [0.2, 0.25) is 5.02 Å². The highest BCUT2D eigenvalue weighted by Gasteiger charge is 2.29. The van der Waals surface area contributed by atoms with Gasteiger partial charge in [-0.1, -0.05) is 16.8 Å². The van der Waals surface area contributed by atoms with Crippen LogP contribution in [0.25, 0.3) is 0 Å². The molecule has 0 saturated carbocycles. The molecule has 1 unspecified atom stereocenters. The van der Waals surface area contributed by atoms with Crippen molar-refractivity contribution in [2.75, 3.05) is 7.11 Å². The lowest BCUT2D eigenvalue weighted by Gasteiger charge is -2.09. The molecule has 0 spiro atoms. The Morgan fingerprint density at radius 2 is 2.04 bits per heavy atom. The molecule has 1 aromatic carbocycles. The summed E-state index contributed by atoms with van der Waals surface area (Å²) in [5.74, 6) is 0.534. The molecular formula is C15H11BrClN3O3.